The van der Waals surface area contributed by atoms with E-state index in [1.165, 1.54) is 199 Å². The Labute approximate surface area is 399 Å². The van der Waals surface area contributed by atoms with E-state index in [2.05, 4.69) is 41.5 Å². The maximum atomic E-state index is 12.8. The standard InChI is InChI=1S/C58H112O6/c1-7-54(6)46-40-34-28-22-16-12-8-9-13-18-24-31-37-43-49-58(61)64-55(51-63-57(60)48-42-36-30-25-19-21-27-33-39-45-53(4)5)50-62-56(59)47-41-35-29-23-17-14-10-11-15-20-26-32-38-44-52(2)3/h52-55H,7-51H2,1-6H3/t54?,55-/m0/s1. The van der Waals surface area contributed by atoms with Crippen molar-refractivity contribution in [1.29, 1.82) is 0 Å². The summed E-state index contributed by atoms with van der Waals surface area (Å²) in [4.78, 5) is 38.1. The molecule has 0 aromatic carbocycles. The van der Waals surface area contributed by atoms with Gasteiger partial charge < -0.3 is 14.2 Å². The fourth-order valence-electron chi connectivity index (χ4n) is 8.79. The summed E-state index contributed by atoms with van der Waals surface area (Å²) in [6.45, 7) is 13.8. The fourth-order valence-corrected chi connectivity index (χ4v) is 8.79. The normalized spacial score (nSPS) is 12.6. The summed E-state index contributed by atoms with van der Waals surface area (Å²) in [5, 5.41) is 0. The van der Waals surface area contributed by atoms with Crippen LogP contribution in [0.2, 0.25) is 0 Å². The van der Waals surface area contributed by atoms with E-state index in [1.54, 1.807) is 0 Å². The molecule has 6 heteroatoms. The molecular weight excluding hydrogens is 793 g/mol. The van der Waals surface area contributed by atoms with Crippen molar-refractivity contribution >= 4 is 17.9 Å². The molecule has 2 atom stereocenters. The predicted molar refractivity (Wildman–Crippen MR) is 275 cm³/mol. The Morgan fingerprint density at radius 3 is 0.812 bits per heavy atom. The third kappa shape index (κ3) is 49.8. The van der Waals surface area contributed by atoms with Crippen LogP contribution >= 0.6 is 0 Å². The third-order valence-corrected chi connectivity index (χ3v) is 13.5. The van der Waals surface area contributed by atoms with Gasteiger partial charge in [-0.15, -0.1) is 0 Å². The Balaban J connectivity index is 4.30. The van der Waals surface area contributed by atoms with E-state index in [1.807, 2.05) is 0 Å². The van der Waals surface area contributed by atoms with Crippen molar-refractivity contribution in [3.63, 3.8) is 0 Å². The quantitative estimate of drug-likeness (QED) is 0.0344. The molecule has 380 valence electrons. The molecule has 0 N–H and O–H groups in total. The van der Waals surface area contributed by atoms with Gasteiger partial charge in [0, 0.05) is 19.3 Å². The topological polar surface area (TPSA) is 78.9 Å². The second-order valence-corrected chi connectivity index (χ2v) is 21.1. The van der Waals surface area contributed by atoms with Crippen molar-refractivity contribution in [3.05, 3.63) is 0 Å². The van der Waals surface area contributed by atoms with Crippen molar-refractivity contribution in [2.24, 2.45) is 17.8 Å². The maximum absolute atomic E-state index is 12.8. The van der Waals surface area contributed by atoms with Crippen LogP contribution < -0.4 is 0 Å². The Hall–Kier alpha value is -1.59. The van der Waals surface area contributed by atoms with E-state index in [9.17, 15) is 14.4 Å². The fraction of sp³-hybridized carbons (Fsp3) is 0.948. The minimum Gasteiger partial charge on any atom is -0.462 e. The van der Waals surface area contributed by atoms with Crippen molar-refractivity contribution in [2.75, 3.05) is 13.2 Å². The highest BCUT2D eigenvalue weighted by Crippen LogP contribution is 2.19. The SMILES string of the molecule is CCC(C)CCCCCCCCCCCCCCCCC(=O)O[C@@H](COC(=O)CCCCCCCCCCCCCCCC(C)C)COC(=O)CCCCCCCCCCCC(C)C. The van der Waals surface area contributed by atoms with Crippen LogP contribution in [0.15, 0.2) is 0 Å². The van der Waals surface area contributed by atoms with Crippen molar-refractivity contribution in [1.82, 2.24) is 0 Å². The molecule has 0 amide bonds. The molecule has 0 fully saturated rings. The van der Waals surface area contributed by atoms with Crippen LogP contribution in [-0.4, -0.2) is 37.2 Å². The van der Waals surface area contributed by atoms with Gasteiger partial charge in [0.2, 0.25) is 0 Å². The van der Waals surface area contributed by atoms with Crippen molar-refractivity contribution in [3.8, 4) is 0 Å². The average molecular weight is 906 g/mol. The maximum Gasteiger partial charge on any atom is 0.306 e. The lowest BCUT2D eigenvalue weighted by Gasteiger charge is -2.18. The predicted octanol–water partition coefficient (Wildman–Crippen LogP) is 18.7. The van der Waals surface area contributed by atoms with Crippen LogP contribution in [0.25, 0.3) is 0 Å². The second-order valence-electron chi connectivity index (χ2n) is 21.1. The highest BCUT2D eigenvalue weighted by molar-refractivity contribution is 5.71. The molecule has 0 rings (SSSR count). The first-order valence-corrected chi connectivity index (χ1v) is 28.6. The minimum atomic E-state index is -0.763. The number of carbonyl (C=O) groups excluding carboxylic acids is 3. The van der Waals surface area contributed by atoms with E-state index in [4.69, 9.17) is 14.2 Å². The average Bonchev–Trinajstić information content (AvgIpc) is 3.27. The summed E-state index contributed by atoms with van der Waals surface area (Å²) in [7, 11) is 0. The lowest BCUT2D eigenvalue weighted by atomic mass is 9.99. The molecule has 0 aliphatic heterocycles. The second kappa shape index (κ2) is 49.3. The lowest BCUT2D eigenvalue weighted by Crippen LogP contribution is -2.30. The zero-order chi connectivity index (χ0) is 47.0. The van der Waals surface area contributed by atoms with Gasteiger partial charge in [-0.1, -0.05) is 279 Å². The Morgan fingerprint density at radius 2 is 0.547 bits per heavy atom. The van der Waals surface area contributed by atoms with E-state index in [0.29, 0.717) is 19.3 Å². The Kier molecular flexibility index (Phi) is 48.1. The number of rotatable bonds is 51. The summed E-state index contributed by atoms with van der Waals surface area (Å²) in [6.07, 6.45) is 50.9. The molecule has 0 aliphatic carbocycles. The Bertz CT molecular complexity index is 993. The van der Waals surface area contributed by atoms with Crippen LogP contribution in [0.4, 0.5) is 0 Å². The van der Waals surface area contributed by atoms with Gasteiger partial charge in [0.05, 0.1) is 0 Å². The molecule has 0 saturated carbocycles. The number of carbonyl (C=O) groups is 3. The molecule has 0 spiro atoms. The van der Waals surface area contributed by atoms with Crippen LogP contribution in [-0.2, 0) is 28.6 Å². The first kappa shape index (κ1) is 62.4. The van der Waals surface area contributed by atoms with Crippen molar-refractivity contribution in [2.45, 2.75) is 324 Å². The summed E-state index contributed by atoms with van der Waals surface area (Å²) in [6, 6.07) is 0. The molecule has 6 nitrogen and oxygen atoms in total. The van der Waals surface area contributed by atoms with Gasteiger partial charge in [-0.2, -0.15) is 0 Å². The van der Waals surface area contributed by atoms with Crippen LogP contribution in [0.3, 0.4) is 0 Å². The van der Waals surface area contributed by atoms with Gasteiger partial charge in [0.25, 0.3) is 0 Å². The van der Waals surface area contributed by atoms with Crippen LogP contribution in [0.5, 0.6) is 0 Å². The molecule has 0 aliphatic rings. The number of ether oxygens (including phenoxy) is 3. The first-order valence-electron chi connectivity index (χ1n) is 28.6. The molecule has 0 aromatic heterocycles. The summed E-state index contributed by atoms with van der Waals surface area (Å²) in [5.41, 5.74) is 0. The molecule has 0 heterocycles. The van der Waals surface area contributed by atoms with Gasteiger partial charge in [0.1, 0.15) is 13.2 Å². The van der Waals surface area contributed by atoms with Gasteiger partial charge in [-0.3, -0.25) is 14.4 Å². The lowest BCUT2D eigenvalue weighted by molar-refractivity contribution is -0.167. The van der Waals surface area contributed by atoms with Crippen molar-refractivity contribution < 1.29 is 28.6 Å². The number of hydrogen-bond acceptors (Lipinski definition) is 6. The summed E-state index contributed by atoms with van der Waals surface area (Å²) >= 11 is 0. The van der Waals surface area contributed by atoms with Gasteiger partial charge in [0.15, 0.2) is 6.10 Å². The third-order valence-electron chi connectivity index (χ3n) is 13.5. The summed E-state index contributed by atoms with van der Waals surface area (Å²) < 4.78 is 16.9. The highest BCUT2D eigenvalue weighted by atomic mass is 16.6. The molecule has 0 bridgehead atoms. The van der Waals surface area contributed by atoms with E-state index >= 15 is 0 Å². The molecule has 64 heavy (non-hydrogen) atoms. The molecule has 0 saturated heterocycles. The highest BCUT2D eigenvalue weighted by Gasteiger charge is 2.19. The summed E-state index contributed by atoms with van der Waals surface area (Å²) in [5.74, 6) is 1.70. The van der Waals surface area contributed by atoms with E-state index < -0.39 is 6.10 Å². The zero-order valence-electron chi connectivity index (χ0n) is 44.1. The number of esters is 3. The molecular formula is C58H112O6. The number of unbranched alkanes of at least 4 members (excludes halogenated alkanes) is 33. The largest absolute Gasteiger partial charge is 0.462 e. The van der Waals surface area contributed by atoms with E-state index in [0.717, 1.165) is 75.5 Å². The van der Waals surface area contributed by atoms with Gasteiger partial charge in [-0.05, 0) is 37.0 Å². The van der Waals surface area contributed by atoms with Crippen LogP contribution in [0.1, 0.15) is 318 Å². The molecule has 1 unspecified atom stereocenters. The minimum absolute atomic E-state index is 0.0638. The number of hydrogen-bond donors (Lipinski definition) is 0. The molecule has 0 aromatic rings. The zero-order valence-corrected chi connectivity index (χ0v) is 44.1. The van der Waals surface area contributed by atoms with Crippen LogP contribution in [0, 0.1) is 17.8 Å². The smallest absolute Gasteiger partial charge is 0.306 e. The monoisotopic (exact) mass is 905 g/mol. The Morgan fingerprint density at radius 1 is 0.312 bits per heavy atom. The molecule has 0 radical (unpaired) electrons. The van der Waals surface area contributed by atoms with E-state index in [-0.39, 0.29) is 31.1 Å². The first-order chi connectivity index (χ1) is 31.1. The van der Waals surface area contributed by atoms with Gasteiger partial charge in [-0.25, -0.2) is 0 Å². The van der Waals surface area contributed by atoms with Gasteiger partial charge >= 0.3 is 17.9 Å².